The van der Waals surface area contributed by atoms with Gasteiger partial charge in [0.2, 0.25) is 0 Å². The van der Waals surface area contributed by atoms with Gasteiger partial charge >= 0.3 is 0 Å². The van der Waals surface area contributed by atoms with E-state index in [0.29, 0.717) is 11.4 Å². The summed E-state index contributed by atoms with van der Waals surface area (Å²) in [6.07, 6.45) is 9.41. The normalized spacial score (nSPS) is 22.5. The first kappa shape index (κ1) is 19.7. The van der Waals surface area contributed by atoms with Crippen molar-refractivity contribution in [3.8, 4) is 11.1 Å². The van der Waals surface area contributed by atoms with E-state index < -0.39 is 5.54 Å². The third-order valence-corrected chi connectivity index (χ3v) is 6.59. The highest BCUT2D eigenvalue weighted by atomic mass is 35.5. The fraction of sp³-hybridized carbons (Fsp3) is 0.250. The second-order valence-corrected chi connectivity index (χ2v) is 8.60. The summed E-state index contributed by atoms with van der Waals surface area (Å²) in [5.41, 5.74) is 10.1. The second-order valence-electron chi connectivity index (χ2n) is 8.17. The Hall–Kier alpha value is -3.25. The monoisotopic (exact) mass is 431 g/mol. The lowest BCUT2D eigenvalue weighted by Crippen LogP contribution is -2.48. The summed E-state index contributed by atoms with van der Waals surface area (Å²) in [5, 5.41) is 0.568. The van der Waals surface area contributed by atoms with Gasteiger partial charge in [0, 0.05) is 43.3 Å². The molecule has 31 heavy (non-hydrogen) atoms. The molecule has 0 radical (unpaired) electrons. The zero-order valence-corrected chi connectivity index (χ0v) is 17.9. The molecular weight excluding hydrogens is 410 g/mol. The first-order valence-corrected chi connectivity index (χ1v) is 10.6. The van der Waals surface area contributed by atoms with Gasteiger partial charge < -0.3 is 5.73 Å². The van der Waals surface area contributed by atoms with Crippen molar-refractivity contribution >= 4 is 23.5 Å². The third kappa shape index (κ3) is 3.18. The van der Waals surface area contributed by atoms with E-state index in [9.17, 15) is 4.79 Å². The van der Waals surface area contributed by atoms with Crippen LogP contribution in [0.2, 0.25) is 5.02 Å². The molecule has 6 nitrogen and oxygen atoms in total. The van der Waals surface area contributed by atoms with Crippen molar-refractivity contribution in [1.82, 2.24) is 14.9 Å². The van der Waals surface area contributed by atoms with E-state index in [0.717, 1.165) is 40.7 Å². The number of carbonyl (C=O) groups excluding carboxylic acids is 1. The van der Waals surface area contributed by atoms with Crippen molar-refractivity contribution in [2.75, 3.05) is 7.05 Å². The number of fused-ring (bicyclic) bond motifs is 2. The van der Waals surface area contributed by atoms with E-state index in [1.165, 1.54) is 4.90 Å². The number of aryl methyl sites for hydroxylation is 1. The minimum Gasteiger partial charge on any atom is -0.369 e. The zero-order chi connectivity index (χ0) is 21.6. The molecule has 0 saturated heterocycles. The van der Waals surface area contributed by atoms with Gasteiger partial charge in [-0.3, -0.25) is 19.7 Å². The highest BCUT2D eigenvalue weighted by Crippen LogP contribution is 2.48. The molecule has 0 bridgehead atoms. The Morgan fingerprint density at radius 3 is 2.74 bits per heavy atom. The number of aliphatic imine (C=N–C) groups is 1. The van der Waals surface area contributed by atoms with Gasteiger partial charge in [0.05, 0.1) is 5.02 Å². The molecule has 2 N–H and O–H groups in total. The van der Waals surface area contributed by atoms with E-state index in [2.05, 4.69) is 28.2 Å². The van der Waals surface area contributed by atoms with Crippen molar-refractivity contribution in [1.29, 1.82) is 0 Å². The van der Waals surface area contributed by atoms with E-state index in [1.54, 1.807) is 25.6 Å². The third-order valence-electron chi connectivity index (χ3n) is 6.38. The highest BCUT2D eigenvalue weighted by molar-refractivity contribution is 6.30. The van der Waals surface area contributed by atoms with Crippen LogP contribution in [0.1, 0.15) is 23.1 Å². The molecule has 0 fully saturated rings. The van der Waals surface area contributed by atoms with Crippen molar-refractivity contribution in [3.05, 3.63) is 82.9 Å². The van der Waals surface area contributed by atoms with Crippen LogP contribution in [0.25, 0.3) is 11.1 Å². The number of amides is 1. The minimum absolute atomic E-state index is 0.0204. The van der Waals surface area contributed by atoms with Gasteiger partial charge in [-0.15, -0.1) is 0 Å². The van der Waals surface area contributed by atoms with Crippen LogP contribution >= 0.6 is 11.6 Å². The summed E-state index contributed by atoms with van der Waals surface area (Å²) in [4.78, 5) is 28.4. The molecule has 1 aliphatic heterocycles. The molecule has 3 heterocycles. The number of nitrogens with zero attached hydrogens (tertiary/aromatic N) is 4. The van der Waals surface area contributed by atoms with Gasteiger partial charge in [0.15, 0.2) is 11.5 Å². The van der Waals surface area contributed by atoms with Crippen molar-refractivity contribution < 1.29 is 4.79 Å². The number of nitrogens with two attached hydrogens (primary N) is 1. The quantitative estimate of drug-likeness (QED) is 0.686. The summed E-state index contributed by atoms with van der Waals surface area (Å²) >= 11 is 6.17. The van der Waals surface area contributed by atoms with Crippen LogP contribution in [-0.4, -0.2) is 33.8 Å². The maximum atomic E-state index is 13.6. The molecule has 0 saturated carbocycles. The van der Waals surface area contributed by atoms with Crippen molar-refractivity contribution in [2.45, 2.75) is 24.8 Å². The predicted octanol–water partition coefficient (Wildman–Crippen LogP) is 3.58. The molecule has 1 amide bonds. The summed E-state index contributed by atoms with van der Waals surface area (Å²) in [7, 11) is 1.69. The molecule has 2 atom stereocenters. The van der Waals surface area contributed by atoms with E-state index in [1.807, 2.05) is 24.4 Å². The summed E-state index contributed by atoms with van der Waals surface area (Å²) in [5.74, 6) is 0.151. The number of likely N-dealkylation sites (N-methyl/N-ethyl adjacent to an activating group) is 1. The minimum atomic E-state index is -1.04. The zero-order valence-electron chi connectivity index (χ0n) is 17.1. The van der Waals surface area contributed by atoms with Gasteiger partial charge in [-0.05, 0) is 59.7 Å². The number of guanidine groups is 1. The summed E-state index contributed by atoms with van der Waals surface area (Å²) in [6, 6.07) is 12.0. The molecule has 2 aliphatic rings. The van der Waals surface area contributed by atoms with Crippen molar-refractivity contribution in [3.63, 3.8) is 0 Å². The molecule has 2 aromatic heterocycles. The number of aromatic nitrogens is 2. The first-order valence-electron chi connectivity index (χ1n) is 10.3. The molecular formula is C24H22ClN5O. The Morgan fingerprint density at radius 1 is 1.16 bits per heavy atom. The average molecular weight is 432 g/mol. The van der Waals surface area contributed by atoms with E-state index in [4.69, 9.17) is 22.3 Å². The standard InChI is InChI=1S/C24H22ClN5O/c1-30-22(31)24(29-23(30)26)19(9-15-3-2-8-27-12-15)7-6-16-4-5-17(11-21(16)24)18-10-20(25)14-28-13-18/h2-5,8,10-14,19H,6-7,9H2,1H3,(H2,26,29)/t19-,24-/m0/s1. The lowest BCUT2D eigenvalue weighted by Gasteiger charge is -2.39. The molecule has 5 rings (SSSR count). The molecule has 3 aromatic rings. The van der Waals surface area contributed by atoms with E-state index >= 15 is 0 Å². The fourth-order valence-electron chi connectivity index (χ4n) is 4.81. The van der Waals surface area contributed by atoms with Gasteiger partial charge in [0.1, 0.15) is 0 Å². The second kappa shape index (κ2) is 7.46. The Morgan fingerprint density at radius 2 is 2.03 bits per heavy atom. The molecule has 7 heteroatoms. The first-order chi connectivity index (χ1) is 15.0. The average Bonchev–Trinajstić information content (AvgIpc) is 3.01. The summed E-state index contributed by atoms with van der Waals surface area (Å²) < 4.78 is 0. The number of hydrogen-bond donors (Lipinski definition) is 1. The Balaban J connectivity index is 1.67. The van der Waals surface area contributed by atoms with Gasteiger partial charge in [-0.25, -0.2) is 4.99 Å². The smallest absolute Gasteiger partial charge is 0.261 e. The fourth-order valence-corrected chi connectivity index (χ4v) is 4.99. The molecule has 1 aliphatic carbocycles. The summed E-state index contributed by atoms with van der Waals surface area (Å²) in [6.45, 7) is 0. The van der Waals surface area contributed by atoms with E-state index in [-0.39, 0.29) is 17.8 Å². The van der Waals surface area contributed by atoms with Gasteiger partial charge in [0.25, 0.3) is 5.91 Å². The number of carbonyl (C=O) groups is 1. The largest absolute Gasteiger partial charge is 0.369 e. The SMILES string of the molecule is CN1C(=O)[C@@]2(N=C1N)c1cc(-c3cncc(Cl)c3)ccc1CC[C@H]2Cc1cccnc1. The topological polar surface area (TPSA) is 84.5 Å². The predicted molar refractivity (Wildman–Crippen MR) is 121 cm³/mol. The number of hydrogen-bond acceptors (Lipinski definition) is 5. The lowest BCUT2D eigenvalue weighted by atomic mass is 9.66. The maximum Gasteiger partial charge on any atom is 0.261 e. The molecule has 0 unspecified atom stereocenters. The van der Waals surface area contributed by atoms with Crippen molar-refractivity contribution in [2.24, 2.45) is 16.6 Å². The highest BCUT2D eigenvalue weighted by Gasteiger charge is 2.55. The maximum absolute atomic E-state index is 13.6. The van der Waals surface area contributed by atoms with Crippen LogP contribution in [0.4, 0.5) is 0 Å². The van der Waals surface area contributed by atoms with Crippen LogP contribution in [0.15, 0.2) is 66.2 Å². The van der Waals surface area contributed by atoms with Crippen LogP contribution in [0.3, 0.4) is 0 Å². The van der Waals surface area contributed by atoms with Crippen LogP contribution < -0.4 is 5.73 Å². The van der Waals surface area contributed by atoms with Crippen LogP contribution in [0, 0.1) is 5.92 Å². The number of rotatable bonds is 3. The Labute approximate surface area is 185 Å². The Bertz CT molecular complexity index is 1200. The van der Waals surface area contributed by atoms with Crippen LogP contribution in [-0.2, 0) is 23.2 Å². The number of pyridine rings is 2. The number of halogens is 1. The van der Waals surface area contributed by atoms with Gasteiger partial charge in [-0.1, -0.05) is 29.8 Å². The molecule has 1 spiro atoms. The molecule has 156 valence electrons. The molecule has 1 aromatic carbocycles. The van der Waals surface area contributed by atoms with Crippen LogP contribution in [0.5, 0.6) is 0 Å². The lowest BCUT2D eigenvalue weighted by molar-refractivity contribution is -0.133. The number of benzene rings is 1. The Kier molecular flexibility index (Phi) is 4.74. The van der Waals surface area contributed by atoms with Gasteiger partial charge in [-0.2, -0.15) is 0 Å².